The Hall–Kier alpha value is -3.11. The van der Waals surface area contributed by atoms with E-state index in [-0.39, 0.29) is 12.1 Å². The zero-order valence-electron chi connectivity index (χ0n) is 16.1. The van der Waals surface area contributed by atoms with E-state index in [9.17, 15) is 18.0 Å². The SMILES string of the molecule is CC(C)(C)OC(=O)N1CC(Nc2nccnc2Nc2ccc(C(F)(F)F)nc2)C1. The molecule has 0 bridgehead atoms. The molecular formula is C18H21F3N6O2. The number of likely N-dealkylation sites (tertiary alicyclic amines) is 1. The third kappa shape index (κ3) is 5.46. The number of hydrogen-bond donors (Lipinski definition) is 2. The van der Waals surface area contributed by atoms with Crippen LogP contribution in [-0.2, 0) is 10.9 Å². The zero-order chi connectivity index (χ0) is 21.2. The molecule has 0 saturated carbocycles. The predicted molar refractivity (Wildman–Crippen MR) is 99.8 cm³/mol. The maximum Gasteiger partial charge on any atom is 0.433 e. The van der Waals surface area contributed by atoms with Crippen molar-refractivity contribution in [2.75, 3.05) is 23.7 Å². The Labute approximate surface area is 165 Å². The summed E-state index contributed by atoms with van der Waals surface area (Å²) in [5.41, 5.74) is -1.20. The van der Waals surface area contributed by atoms with E-state index in [2.05, 4.69) is 25.6 Å². The molecule has 0 atom stereocenters. The number of carbonyl (C=O) groups is 1. The highest BCUT2D eigenvalue weighted by Gasteiger charge is 2.34. The Morgan fingerprint density at radius 1 is 1.10 bits per heavy atom. The fraction of sp³-hybridized carbons (Fsp3) is 0.444. The monoisotopic (exact) mass is 410 g/mol. The summed E-state index contributed by atoms with van der Waals surface area (Å²) in [6.45, 7) is 6.27. The van der Waals surface area contributed by atoms with Crippen LogP contribution in [0.3, 0.4) is 0 Å². The van der Waals surface area contributed by atoms with Crippen LogP contribution in [0.25, 0.3) is 0 Å². The fourth-order valence-corrected chi connectivity index (χ4v) is 2.55. The molecule has 8 nitrogen and oxygen atoms in total. The highest BCUT2D eigenvalue weighted by Crippen LogP contribution is 2.29. The highest BCUT2D eigenvalue weighted by atomic mass is 19.4. The molecule has 2 aromatic rings. The van der Waals surface area contributed by atoms with E-state index >= 15 is 0 Å². The second-order valence-corrected chi connectivity index (χ2v) is 7.54. The Morgan fingerprint density at radius 2 is 1.76 bits per heavy atom. The number of amides is 1. The van der Waals surface area contributed by atoms with Gasteiger partial charge in [0.05, 0.1) is 17.9 Å². The number of rotatable bonds is 4. The summed E-state index contributed by atoms with van der Waals surface area (Å²) in [5, 5.41) is 6.06. The molecule has 0 aromatic carbocycles. The van der Waals surface area contributed by atoms with E-state index in [4.69, 9.17) is 4.74 Å². The average Bonchev–Trinajstić information content (AvgIpc) is 2.57. The third-order valence-electron chi connectivity index (χ3n) is 3.89. The standard InChI is InChI=1S/C18H21F3N6O2/c1-17(2,3)29-16(28)27-9-12(10-27)26-15-14(22-6-7-23-15)25-11-4-5-13(24-8-11)18(19,20)21/h4-8,12H,9-10H2,1-3H3,(H,22,25)(H,23,26). The Balaban J connectivity index is 1.60. The first-order chi connectivity index (χ1) is 13.5. The lowest BCUT2D eigenvalue weighted by Gasteiger charge is -2.40. The Kier molecular flexibility index (Phi) is 5.49. The largest absolute Gasteiger partial charge is 0.444 e. The van der Waals surface area contributed by atoms with Gasteiger partial charge in [-0.05, 0) is 32.9 Å². The van der Waals surface area contributed by atoms with Crippen molar-refractivity contribution in [3.8, 4) is 0 Å². The van der Waals surface area contributed by atoms with Crippen molar-refractivity contribution >= 4 is 23.4 Å². The minimum absolute atomic E-state index is 0.0505. The molecule has 1 saturated heterocycles. The molecule has 156 valence electrons. The van der Waals surface area contributed by atoms with E-state index < -0.39 is 17.5 Å². The first-order valence-electron chi connectivity index (χ1n) is 8.87. The Bertz CT molecular complexity index is 861. The number of ether oxygens (including phenoxy) is 1. The van der Waals surface area contributed by atoms with Crippen molar-refractivity contribution in [3.63, 3.8) is 0 Å². The summed E-state index contributed by atoms with van der Waals surface area (Å²) in [6.07, 6.45) is -0.859. The fourth-order valence-electron chi connectivity index (χ4n) is 2.55. The van der Waals surface area contributed by atoms with E-state index in [1.54, 1.807) is 25.7 Å². The number of carbonyl (C=O) groups excluding carboxylic acids is 1. The van der Waals surface area contributed by atoms with Gasteiger partial charge >= 0.3 is 12.3 Å². The van der Waals surface area contributed by atoms with Gasteiger partial charge in [-0.15, -0.1) is 0 Å². The minimum atomic E-state index is -4.50. The van der Waals surface area contributed by atoms with Gasteiger partial charge in [0, 0.05) is 25.5 Å². The molecule has 2 aromatic heterocycles. The highest BCUT2D eigenvalue weighted by molar-refractivity contribution is 5.71. The molecule has 29 heavy (non-hydrogen) atoms. The topological polar surface area (TPSA) is 92.3 Å². The van der Waals surface area contributed by atoms with Crippen LogP contribution >= 0.6 is 0 Å². The number of anilines is 3. The van der Waals surface area contributed by atoms with Crippen molar-refractivity contribution < 1.29 is 22.7 Å². The molecule has 1 amide bonds. The number of nitrogens with one attached hydrogen (secondary N) is 2. The van der Waals surface area contributed by atoms with Gasteiger partial charge in [0.1, 0.15) is 11.3 Å². The summed E-state index contributed by atoms with van der Waals surface area (Å²) in [7, 11) is 0. The molecule has 1 fully saturated rings. The number of aromatic nitrogens is 3. The van der Waals surface area contributed by atoms with Crippen LogP contribution in [0, 0.1) is 0 Å². The molecule has 11 heteroatoms. The summed E-state index contributed by atoms with van der Waals surface area (Å²) in [5.74, 6) is 0.756. The van der Waals surface area contributed by atoms with Crippen molar-refractivity contribution in [1.29, 1.82) is 0 Å². The van der Waals surface area contributed by atoms with E-state index in [1.807, 2.05) is 0 Å². The van der Waals surface area contributed by atoms with Gasteiger partial charge in [-0.2, -0.15) is 13.2 Å². The summed E-state index contributed by atoms with van der Waals surface area (Å²) < 4.78 is 43.2. The predicted octanol–water partition coefficient (Wildman–Crippen LogP) is 3.67. The van der Waals surface area contributed by atoms with Crippen molar-refractivity contribution in [1.82, 2.24) is 19.9 Å². The number of hydrogen-bond acceptors (Lipinski definition) is 7. The van der Waals surface area contributed by atoms with Gasteiger partial charge in [-0.3, -0.25) is 0 Å². The summed E-state index contributed by atoms with van der Waals surface area (Å²) >= 11 is 0. The van der Waals surface area contributed by atoms with Crippen LogP contribution in [0.15, 0.2) is 30.7 Å². The van der Waals surface area contributed by atoms with Gasteiger partial charge in [-0.1, -0.05) is 0 Å². The van der Waals surface area contributed by atoms with Gasteiger partial charge in [0.2, 0.25) is 0 Å². The Morgan fingerprint density at radius 3 is 2.31 bits per heavy atom. The lowest BCUT2D eigenvalue weighted by atomic mass is 10.1. The van der Waals surface area contributed by atoms with Crippen LogP contribution in [0.2, 0.25) is 0 Å². The van der Waals surface area contributed by atoms with Crippen LogP contribution in [0.4, 0.5) is 35.3 Å². The first kappa shape index (κ1) is 20.6. The normalized spacial score (nSPS) is 14.9. The minimum Gasteiger partial charge on any atom is -0.444 e. The first-order valence-corrected chi connectivity index (χ1v) is 8.87. The summed E-state index contributed by atoms with van der Waals surface area (Å²) in [6, 6.07) is 2.10. The lowest BCUT2D eigenvalue weighted by Crippen LogP contribution is -2.58. The number of pyridine rings is 1. The molecule has 0 radical (unpaired) electrons. The molecule has 3 rings (SSSR count). The van der Waals surface area contributed by atoms with Crippen LogP contribution < -0.4 is 10.6 Å². The van der Waals surface area contributed by atoms with Crippen molar-refractivity contribution in [2.24, 2.45) is 0 Å². The second kappa shape index (κ2) is 7.72. The smallest absolute Gasteiger partial charge is 0.433 e. The summed E-state index contributed by atoms with van der Waals surface area (Å²) in [4.78, 5) is 25.3. The molecular weight excluding hydrogens is 389 g/mol. The maximum absolute atomic E-state index is 12.6. The molecule has 3 heterocycles. The van der Waals surface area contributed by atoms with Gasteiger partial charge in [-0.25, -0.2) is 19.7 Å². The number of alkyl halides is 3. The molecule has 0 unspecified atom stereocenters. The molecule has 2 N–H and O–H groups in total. The van der Waals surface area contributed by atoms with Gasteiger partial charge in [0.15, 0.2) is 11.6 Å². The second-order valence-electron chi connectivity index (χ2n) is 7.54. The average molecular weight is 410 g/mol. The lowest BCUT2D eigenvalue weighted by molar-refractivity contribution is -0.141. The quantitative estimate of drug-likeness (QED) is 0.795. The van der Waals surface area contributed by atoms with Crippen LogP contribution in [0.1, 0.15) is 26.5 Å². The zero-order valence-corrected chi connectivity index (χ0v) is 16.1. The molecule has 1 aliphatic rings. The van der Waals surface area contributed by atoms with Gasteiger partial charge in [0.25, 0.3) is 0 Å². The van der Waals surface area contributed by atoms with Crippen LogP contribution in [0.5, 0.6) is 0 Å². The van der Waals surface area contributed by atoms with Crippen molar-refractivity contribution in [2.45, 2.75) is 38.6 Å². The number of nitrogens with zero attached hydrogens (tertiary/aromatic N) is 4. The third-order valence-corrected chi connectivity index (χ3v) is 3.89. The van der Waals surface area contributed by atoms with Gasteiger partial charge < -0.3 is 20.3 Å². The number of halogens is 3. The van der Waals surface area contributed by atoms with Crippen molar-refractivity contribution in [3.05, 3.63) is 36.4 Å². The van der Waals surface area contributed by atoms with E-state index in [1.165, 1.54) is 18.5 Å². The molecule has 0 spiro atoms. The molecule has 1 aliphatic heterocycles. The van der Waals surface area contributed by atoms with E-state index in [0.717, 1.165) is 12.3 Å². The van der Waals surface area contributed by atoms with E-state index in [0.29, 0.717) is 30.4 Å². The molecule has 0 aliphatic carbocycles. The van der Waals surface area contributed by atoms with Crippen LogP contribution in [-0.4, -0.2) is 50.7 Å². The maximum atomic E-state index is 12.6.